The molecular formula is C15H21Cl6NO3. The average Bonchev–Trinajstić information content (AvgIpc) is 2.77. The van der Waals surface area contributed by atoms with Crippen LogP contribution in [0.25, 0.3) is 0 Å². The van der Waals surface area contributed by atoms with E-state index in [2.05, 4.69) is 0 Å². The van der Waals surface area contributed by atoms with Crippen molar-refractivity contribution in [1.29, 1.82) is 0 Å². The number of aliphatic hydroxyl groups excluding tert-OH is 1. The van der Waals surface area contributed by atoms with Gasteiger partial charge in [-0.2, -0.15) is 0 Å². The number of alkyl halides is 6. The highest BCUT2D eigenvalue weighted by atomic mass is 35.6. The Morgan fingerprint density at radius 2 is 1.80 bits per heavy atom. The summed E-state index contributed by atoms with van der Waals surface area (Å²) in [6.07, 6.45) is 2.06. The van der Waals surface area contributed by atoms with E-state index in [1.807, 2.05) is 6.92 Å². The second-order valence-electron chi connectivity index (χ2n) is 6.12. The lowest BCUT2D eigenvalue weighted by Gasteiger charge is -2.30. The van der Waals surface area contributed by atoms with E-state index >= 15 is 0 Å². The lowest BCUT2D eigenvalue weighted by molar-refractivity contribution is -0.141. The maximum atomic E-state index is 12.7. The minimum atomic E-state index is -1.45. The molecule has 0 saturated heterocycles. The summed E-state index contributed by atoms with van der Waals surface area (Å²) in [6.45, 7) is 1.89. The number of ether oxygens (including phenoxy) is 1. The average molecular weight is 476 g/mol. The zero-order valence-corrected chi connectivity index (χ0v) is 18.4. The third kappa shape index (κ3) is 8.50. The van der Waals surface area contributed by atoms with Gasteiger partial charge in [-0.3, -0.25) is 4.79 Å². The number of nitrogens with zero attached hydrogens (tertiary/aromatic N) is 1. The Morgan fingerprint density at radius 3 is 2.28 bits per heavy atom. The van der Waals surface area contributed by atoms with Crippen LogP contribution in [-0.4, -0.2) is 42.9 Å². The first-order valence-corrected chi connectivity index (χ1v) is 9.99. The Labute approximate surface area is 178 Å². The number of hydrogen-bond donors (Lipinski definition) is 1. The van der Waals surface area contributed by atoms with E-state index in [0.29, 0.717) is 25.0 Å². The third-order valence-corrected chi connectivity index (χ3v) is 5.07. The highest BCUT2D eigenvalue weighted by molar-refractivity contribution is 6.67. The van der Waals surface area contributed by atoms with Gasteiger partial charge in [0.1, 0.15) is 5.76 Å². The van der Waals surface area contributed by atoms with E-state index in [1.165, 1.54) is 18.1 Å². The molecule has 0 aromatic heterocycles. The van der Waals surface area contributed by atoms with Gasteiger partial charge < -0.3 is 14.7 Å². The van der Waals surface area contributed by atoms with Crippen molar-refractivity contribution >= 4 is 75.5 Å². The topological polar surface area (TPSA) is 49.8 Å². The fraction of sp³-hybridized carbons (Fsp3) is 0.800. The SMILES string of the molecule is COC1=CC(O)N(C(=O)CC(C)CCC(Cl)(Cl)Cl)C1CCC(Cl)(Cl)Cl. The van der Waals surface area contributed by atoms with E-state index in [0.717, 1.165) is 0 Å². The monoisotopic (exact) mass is 473 g/mol. The van der Waals surface area contributed by atoms with Crippen molar-refractivity contribution < 1.29 is 14.6 Å². The Kier molecular flexibility index (Phi) is 9.28. The number of rotatable bonds is 7. The standard InChI is InChI=1S/C15H21Cl6NO3/c1-9(3-5-14(16,17)18)7-12(23)22-10(4-6-15(19,20)21)11(25-2)8-13(22)24/h8-10,13,24H,3-7H2,1-2H3. The molecular weight excluding hydrogens is 455 g/mol. The molecule has 146 valence electrons. The Balaban J connectivity index is 2.73. The van der Waals surface area contributed by atoms with Crippen LogP contribution >= 0.6 is 69.6 Å². The second-order valence-corrected chi connectivity index (χ2v) is 11.2. The van der Waals surface area contributed by atoms with Crippen LogP contribution < -0.4 is 0 Å². The molecule has 0 saturated carbocycles. The van der Waals surface area contributed by atoms with Crippen LogP contribution in [0.15, 0.2) is 11.8 Å². The maximum absolute atomic E-state index is 12.7. The highest BCUT2D eigenvalue weighted by Crippen LogP contribution is 2.37. The van der Waals surface area contributed by atoms with Gasteiger partial charge in [0.2, 0.25) is 5.91 Å². The number of methoxy groups -OCH3 is 1. The van der Waals surface area contributed by atoms with E-state index in [4.69, 9.17) is 74.3 Å². The molecule has 0 radical (unpaired) electrons. The molecule has 10 heteroatoms. The Bertz CT molecular complexity index is 489. The predicted octanol–water partition coefficient (Wildman–Crippen LogP) is 5.37. The molecule has 1 aliphatic heterocycles. The summed E-state index contributed by atoms with van der Waals surface area (Å²) < 4.78 is 2.47. The molecule has 4 nitrogen and oxygen atoms in total. The van der Waals surface area contributed by atoms with Crippen LogP contribution in [0.2, 0.25) is 0 Å². The van der Waals surface area contributed by atoms with Crippen molar-refractivity contribution in [2.75, 3.05) is 7.11 Å². The zero-order valence-electron chi connectivity index (χ0n) is 13.8. The van der Waals surface area contributed by atoms with Crippen LogP contribution in [0.5, 0.6) is 0 Å². The molecule has 0 fully saturated rings. The van der Waals surface area contributed by atoms with Crippen LogP contribution in [0, 0.1) is 5.92 Å². The molecule has 1 heterocycles. The quantitative estimate of drug-likeness (QED) is 0.503. The Morgan fingerprint density at radius 1 is 1.24 bits per heavy atom. The van der Waals surface area contributed by atoms with Crippen LogP contribution in [-0.2, 0) is 9.53 Å². The lowest BCUT2D eigenvalue weighted by atomic mass is 10.0. The number of hydrogen-bond acceptors (Lipinski definition) is 3. The number of carbonyl (C=O) groups excluding carboxylic acids is 1. The smallest absolute Gasteiger partial charge is 0.225 e. The summed E-state index contributed by atoms with van der Waals surface area (Å²) in [5, 5.41) is 10.2. The van der Waals surface area contributed by atoms with Gasteiger partial charge in [0.05, 0.1) is 13.2 Å². The van der Waals surface area contributed by atoms with Crippen molar-refractivity contribution in [3.8, 4) is 0 Å². The molecule has 1 amide bonds. The third-order valence-electron chi connectivity index (χ3n) is 3.93. The molecule has 1 N–H and O–H groups in total. The van der Waals surface area contributed by atoms with Crippen molar-refractivity contribution in [3.63, 3.8) is 0 Å². The van der Waals surface area contributed by atoms with Gasteiger partial charge in [0.25, 0.3) is 0 Å². The minimum absolute atomic E-state index is 0.0178. The molecule has 1 rings (SSSR count). The van der Waals surface area contributed by atoms with Crippen molar-refractivity contribution in [3.05, 3.63) is 11.8 Å². The first-order valence-electron chi connectivity index (χ1n) is 7.72. The summed E-state index contributed by atoms with van der Waals surface area (Å²) in [5.74, 6) is 0.224. The van der Waals surface area contributed by atoms with Gasteiger partial charge in [-0.1, -0.05) is 76.5 Å². The van der Waals surface area contributed by atoms with Gasteiger partial charge in [-0.15, -0.1) is 0 Å². The van der Waals surface area contributed by atoms with Gasteiger partial charge in [0, 0.05) is 12.5 Å². The summed E-state index contributed by atoms with van der Waals surface area (Å²) in [6, 6.07) is -0.483. The van der Waals surface area contributed by atoms with Crippen molar-refractivity contribution in [2.24, 2.45) is 5.92 Å². The lowest BCUT2D eigenvalue weighted by Crippen LogP contribution is -2.44. The van der Waals surface area contributed by atoms with Crippen LogP contribution in [0.1, 0.15) is 39.0 Å². The molecule has 1 aliphatic rings. The van der Waals surface area contributed by atoms with E-state index < -0.39 is 19.9 Å². The molecule has 0 aromatic rings. The van der Waals surface area contributed by atoms with Gasteiger partial charge in [-0.05, 0) is 31.6 Å². The summed E-state index contributed by atoms with van der Waals surface area (Å²) >= 11 is 34.6. The summed E-state index contributed by atoms with van der Waals surface area (Å²) in [7, 11) is 1.47. The molecule has 0 bridgehead atoms. The number of amides is 1. The second kappa shape index (κ2) is 9.77. The highest BCUT2D eigenvalue weighted by Gasteiger charge is 2.39. The maximum Gasteiger partial charge on any atom is 0.225 e. The fourth-order valence-electron chi connectivity index (χ4n) is 2.68. The van der Waals surface area contributed by atoms with E-state index in [-0.39, 0.29) is 24.7 Å². The number of carbonyl (C=O) groups is 1. The van der Waals surface area contributed by atoms with Gasteiger partial charge in [-0.25, -0.2) is 0 Å². The molecule has 0 aromatic carbocycles. The fourth-order valence-corrected chi connectivity index (χ4v) is 3.34. The van der Waals surface area contributed by atoms with Crippen molar-refractivity contribution in [1.82, 2.24) is 4.90 Å². The molecule has 3 atom stereocenters. The largest absolute Gasteiger partial charge is 0.499 e. The molecule has 25 heavy (non-hydrogen) atoms. The number of halogens is 6. The normalized spacial score (nSPS) is 22.8. The van der Waals surface area contributed by atoms with E-state index in [9.17, 15) is 9.90 Å². The van der Waals surface area contributed by atoms with Gasteiger partial charge >= 0.3 is 0 Å². The first kappa shape index (κ1) is 23.7. The zero-order chi connectivity index (χ0) is 19.4. The van der Waals surface area contributed by atoms with Gasteiger partial charge in [0.15, 0.2) is 13.8 Å². The first-order chi connectivity index (χ1) is 11.3. The summed E-state index contributed by atoms with van der Waals surface area (Å²) in [5.41, 5.74) is 0. The summed E-state index contributed by atoms with van der Waals surface area (Å²) in [4.78, 5) is 14.0. The Hall–Kier alpha value is 0.710. The van der Waals surface area contributed by atoms with Crippen LogP contribution in [0.3, 0.4) is 0 Å². The minimum Gasteiger partial charge on any atom is -0.499 e. The molecule has 0 spiro atoms. The van der Waals surface area contributed by atoms with Crippen LogP contribution in [0.4, 0.5) is 0 Å². The van der Waals surface area contributed by atoms with Crippen molar-refractivity contribution in [2.45, 2.75) is 58.9 Å². The molecule has 0 aliphatic carbocycles. The van der Waals surface area contributed by atoms with E-state index in [1.54, 1.807) is 0 Å². The number of aliphatic hydroxyl groups is 1. The molecule has 3 unspecified atom stereocenters. The predicted molar refractivity (Wildman–Crippen MR) is 105 cm³/mol.